The highest BCUT2D eigenvalue weighted by molar-refractivity contribution is 5.89. The lowest BCUT2D eigenvalue weighted by atomic mass is 10.2. The summed E-state index contributed by atoms with van der Waals surface area (Å²) in [6.45, 7) is 2.33. The standard InChI is InChI=1S/C17H15N5O/c1-12-4-2-7-16-20-15(11-22(12)16)10-19-17(23)21-14-6-3-5-13(8-14)9-18/h2-8,11H,10H2,1H3,(H2,19,21,23). The molecule has 3 rings (SSSR count). The van der Waals surface area contributed by atoms with Crippen molar-refractivity contribution in [1.82, 2.24) is 14.7 Å². The van der Waals surface area contributed by atoms with E-state index in [4.69, 9.17) is 5.26 Å². The molecule has 3 aromatic rings. The Balaban J connectivity index is 1.64. The second-order valence-electron chi connectivity index (χ2n) is 5.13. The first-order valence-electron chi connectivity index (χ1n) is 7.14. The summed E-state index contributed by atoms with van der Waals surface area (Å²) >= 11 is 0. The van der Waals surface area contributed by atoms with Crippen LogP contribution in [0.15, 0.2) is 48.7 Å². The Morgan fingerprint density at radius 3 is 2.91 bits per heavy atom. The van der Waals surface area contributed by atoms with Gasteiger partial charge in [0.15, 0.2) is 0 Å². The monoisotopic (exact) mass is 305 g/mol. The molecule has 0 saturated heterocycles. The molecule has 0 aliphatic rings. The van der Waals surface area contributed by atoms with Gasteiger partial charge in [-0.15, -0.1) is 0 Å². The van der Waals surface area contributed by atoms with Gasteiger partial charge in [0.1, 0.15) is 5.65 Å². The minimum absolute atomic E-state index is 0.324. The molecular weight excluding hydrogens is 290 g/mol. The molecule has 6 nitrogen and oxygen atoms in total. The minimum Gasteiger partial charge on any atom is -0.332 e. The maximum Gasteiger partial charge on any atom is 0.319 e. The van der Waals surface area contributed by atoms with E-state index in [9.17, 15) is 4.79 Å². The number of pyridine rings is 1. The van der Waals surface area contributed by atoms with Crippen molar-refractivity contribution < 1.29 is 4.79 Å². The summed E-state index contributed by atoms with van der Waals surface area (Å²) in [6, 6.07) is 14.3. The summed E-state index contributed by atoms with van der Waals surface area (Å²) < 4.78 is 1.98. The van der Waals surface area contributed by atoms with Crippen LogP contribution in [0.3, 0.4) is 0 Å². The summed E-state index contributed by atoms with van der Waals surface area (Å²) in [5.74, 6) is 0. The topological polar surface area (TPSA) is 82.2 Å². The van der Waals surface area contributed by atoms with Gasteiger partial charge in [0.05, 0.1) is 23.9 Å². The zero-order valence-corrected chi connectivity index (χ0v) is 12.6. The van der Waals surface area contributed by atoms with Crippen molar-refractivity contribution in [1.29, 1.82) is 5.26 Å². The predicted octanol–water partition coefficient (Wildman–Crippen LogP) is 2.84. The molecule has 0 fully saturated rings. The van der Waals surface area contributed by atoms with Gasteiger partial charge >= 0.3 is 6.03 Å². The molecule has 2 aromatic heterocycles. The van der Waals surface area contributed by atoms with E-state index in [1.54, 1.807) is 24.3 Å². The van der Waals surface area contributed by atoms with E-state index in [1.807, 2.05) is 41.8 Å². The van der Waals surface area contributed by atoms with Crippen LogP contribution in [0.4, 0.5) is 10.5 Å². The molecule has 2 N–H and O–H groups in total. The average Bonchev–Trinajstić information content (AvgIpc) is 2.98. The number of anilines is 1. The van der Waals surface area contributed by atoms with Gasteiger partial charge in [-0.1, -0.05) is 12.1 Å². The molecule has 0 spiro atoms. The predicted molar refractivity (Wildman–Crippen MR) is 86.9 cm³/mol. The second-order valence-corrected chi connectivity index (χ2v) is 5.13. The van der Waals surface area contributed by atoms with Gasteiger partial charge < -0.3 is 15.0 Å². The zero-order chi connectivity index (χ0) is 16.2. The fraction of sp³-hybridized carbons (Fsp3) is 0.118. The molecule has 0 aliphatic carbocycles. The van der Waals surface area contributed by atoms with E-state index in [0.29, 0.717) is 17.8 Å². The molecule has 23 heavy (non-hydrogen) atoms. The van der Waals surface area contributed by atoms with Crippen molar-refractivity contribution in [2.75, 3.05) is 5.32 Å². The number of imidazole rings is 1. The van der Waals surface area contributed by atoms with Crippen LogP contribution in [0, 0.1) is 18.3 Å². The molecule has 0 radical (unpaired) electrons. The fourth-order valence-electron chi connectivity index (χ4n) is 2.30. The number of benzene rings is 1. The third-order valence-corrected chi connectivity index (χ3v) is 3.43. The highest BCUT2D eigenvalue weighted by atomic mass is 16.2. The van der Waals surface area contributed by atoms with Crippen LogP contribution in [0.5, 0.6) is 0 Å². The van der Waals surface area contributed by atoms with Gasteiger partial charge in [0.25, 0.3) is 0 Å². The van der Waals surface area contributed by atoms with Crippen LogP contribution >= 0.6 is 0 Å². The van der Waals surface area contributed by atoms with Gasteiger partial charge in [-0.25, -0.2) is 9.78 Å². The molecule has 2 heterocycles. The number of urea groups is 1. The molecule has 6 heteroatoms. The summed E-state index contributed by atoms with van der Waals surface area (Å²) in [7, 11) is 0. The number of amides is 2. The second kappa shape index (κ2) is 6.20. The van der Waals surface area contributed by atoms with Crippen LogP contribution in [-0.4, -0.2) is 15.4 Å². The van der Waals surface area contributed by atoms with Crippen molar-refractivity contribution in [3.8, 4) is 6.07 Å². The zero-order valence-electron chi connectivity index (χ0n) is 12.6. The van der Waals surface area contributed by atoms with Crippen molar-refractivity contribution in [3.63, 3.8) is 0 Å². The number of aromatic nitrogens is 2. The van der Waals surface area contributed by atoms with Crippen molar-refractivity contribution in [2.45, 2.75) is 13.5 Å². The largest absolute Gasteiger partial charge is 0.332 e. The number of hydrogen-bond acceptors (Lipinski definition) is 3. The Kier molecular flexibility index (Phi) is 3.93. The number of fused-ring (bicyclic) bond motifs is 1. The molecule has 0 atom stereocenters. The number of rotatable bonds is 3. The number of nitriles is 1. The van der Waals surface area contributed by atoms with Crippen molar-refractivity contribution in [2.24, 2.45) is 0 Å². The van der Waals surface area contributed by atoms with E-state index in [-0.39, 0.29) is 6.03 Å². The number of nitrogens with one attached hydrogen (secondary N) is 2. The van der Waals surface area contributed by atoms with E-state index in [1.165, 1.54) is 0 Å². The van der Waals surface area contributed by atoms with Gasteiger partial charge in [-0.2, -0.15) is 5.26 Å². The first kappa shape index (κ1) is 14.6. The van der Waals surface area contributed by atoms with E-state index >= 15 is 0 Å². The lowest BCUT2D eigenvalue weighted by Crippen LogP contribution is -2.28. The fourth-order valence-corrected chi connectivity index (χ4v) is 2.30. The van der Waals surface area contributed by atoms with E-state index in [2.05, 4.69) is 15.6 Å². The smallest absolute Gasteiger partial charge is 0.319 e. The van der Waals surface area contributed by atoms with E-state index in [0.717, 1.165) is 17.0 Å². The molecule has 0 unspecified atom stereocenters. The lowest BCUT2D eigenvalue weighted by molar-refractivity contribution is 0.251. The Morgan fingerprint density at radius 2 is 2.13 bits per heavy atom. The normalized spacial score (nSPS) is 10.3. The molecule has 1 aromatic carbocycles. The Morgan fingerprint density at radius 1 is 1.30 bits per heavy atom. The van der Waals surface area contributed by atoms with Gasteiger partial charge in [-0.05, 0) is 37.3 Å². The molecule has 114 valence electrons. The third-order valence-electron chi connectivity index (χ3n) is 3.43. The highest BCUT2D eigenvalue weighted by Crippen LogP contribution is 2.10. The quantitative estimate of drug-likeness (QED) is 0.780. The number of aryl methyl sites for hydroxylation is 1. The number of hydrogen-bond donors (Lipinski definition) is 2. The summed E-state index contributed by atoms with van der Waals surface area (Å²) in [6.07, 6.45) is 1.90. The Hall–Kier alpha value is -3.33. The molecular formula is C17H15N5O. The van der Waals surface area contributed by atoms with Crippen LogP contribution < -0.4 is 10.6 Å². The SMILES string of the molecule is Cc1cccc2nc(CNC(=O)Nc3cccc(C#N)c3)cn12. The minimum atomic E-state index is -0.339. The average molecular weight is 305 g/mol. The maximum absolute atomic E-state index is 11.9. The van der Waals surface area contributed by atoms with Crippen LogP contribution in [0.1, 0.15) is 17.0 Å². The third kappa shape index (κ3) is 3.30. The summed E-state index contributed by atoms with van der Waals surface area (Å²) in [5, 5.41) is 14.3. The van der Waals surface area contributed by atoms with Crippen molar-refractivity contribution in [3.05, 3.63) is 65.6 Å². The summed E-state index contributed by atoms with van der Waals surface area (Å²) in [5.41, 5.74) is 3.79. The van der Waals surface area contributed by atoms with E-state index < -0.39 is 0 Å². The summed E-state index contributed by atoms with van der Waals surface area (Å²) in [4.78, 5) is 16.4. The number of carbonyl (C=O) groups excluding carboxylic acids is 1. The molecule has 2 amide bonds. The van der Waals surface area contributed by atoms with Gasteiger partial charge in [0, 0.05) is 17.6 Å². The first-order chi connectivity index (χ1) is 11.2. The highest BCUT2D eigenvalue weighted by Gasteiger charge is 2.06. The van der Waals surface area contributed by atoms with Crippen LogP contribution in [-0.2, 0) is 6.54 Å². The Bertz CT molecular complexity index is 907. The maximum atomic E-state index is 11.9. The van der Waals surface area contributed by atoms with Crippen molar-refractivity contribution >= 4 is 17.4 Å². The first-order valence-corrected chi connectivity index (χ1v) is 7.14. The number of nitrogens with zero attached hydrogens (tertiary/aromatic N) is 3. The molecule has 0 bridgehead atoms. The lowest BCUT2D eigenvalue weighted by Gasteiger charge is -2.06. The van der Waals surface area contributed by atoms with Crippen LogP contribution in [0.2, 0.25) is 0 Å². The Labute approximate surface area is 133 Å². The number of carbonyl (C=O) groups is 1. The molecule has 0 saturated carbocycles. The van der Waals surface area contributed by atoms with Crippen LogP contribution in [0.25, 0.3) is 5.65 Å². The van der Waals surface area contributed by atoms with Gasteiger partial charge in [-0.3, -0.25) is 0 Å². The molecule has 0 aliphatic heterocycles. The van der Waals surface area contributed by atoms with Gasteiger partial charge in [0.2, 0.25) is 0 Å².